The van der Waals surface area contributed by atoms with Crippen molar-refractivity contribution in [1.82, 2.24) is 19.8 Å². The predicted molar refractivity (Wildman–Crippen MR) is 106 cm³/mol. The fourth-order valence-electron chi connectivity index (χ4n) is 3.45. The number of aromatic nitrogens is 2. The minimum absolute atomic E-state index is 0.248. The Balaban J connectivity index is 2.21. The van der Waals surface area contributed by atoms with Crippen LogP contribution in [-0.4, -0.2) is 61.8 Å². The number of alkyl carbamates (subject to hydrolysis) is 1. The molecule has 3 N–H and O–H groups in total. The molecule has 1 fully saturated rings. The first-order valence-corrected chi connectivity index (χ1v) is 9.68. The maximum absolute atomic E-state index is 12.9. The molecule has 1 aromatic rings. The third-order valence-electron chi connectivity index (χ3n) is 4.70. The van der Waals surface area contributed by atoms with Crippen LogP contribution in [0, 0.1) is 6.92 Å². The summed E-state index contributed by atoms with van der Waals surface area (Å²) in [6.45, 7) is 5.66. The molecule has 2 atom stereocenters. The molecule has 0 radical (unpaired) electrons. The predicted octanol–water partition coefficient (Wildman–Crippen LogP) is 0.204. The highest BCUT2D eigenvalue weighted by Gasteiger charge is 2.37. The van der Waals surface area contributed by atoms with E-state index in [2.05, 4.69) is 10.3 Å². The number of ether oxygens (including phenoxy) is 1. The van der Waals surface area contributed by atoms with E-state index in [9.17, 15) is 29.1 Å². The molecule has 0 spiro atoms. The van der Waals surface area contributed by atoms with Crippen molar-refractivity contribution >= 4 is 18.0 Å². The summed E-state index contributed by atoms with van der Waals surface area (Å²) < 4.78 is 6.28. The summed E-state index contributed by atoms with van der Waals surface area (Å²) in [7, 11) is 0. The van der Waals surface area contributed by atoms with Crippen LogP contribution < -0.4 is 16.6 Å². The van der Waals surface area contributed by atoms with Crippen LogP contribution in [0.15, 0.2) is 15.8 Å². The van der Waals surface area contributed by atoms with Crippen LogP contribution in [0.4, 0.5) is 4.79 Å². The van der Waals surface area contributed by atoms with Crippen LogP contribution in [0.2, 0.25) is 0 Å². The number of aryl methyl sites for hydroxylation is 1. The Morgan fingerprint density at radius 2 is 1.97 bits per heavy atom. The lowest BCUT2D eigenvalue weighted by atomic mass is 10.1. The van der Waals surface area contributed by atoms with E-state index in [0.717, 1.165) is 9.47 Å². The molecule has 1 saturated carbocycles. The molecule has 11 nitrogen and oxygen atoms in total. The summed E-state index contributed by atoms with van der Waals surface area (Å²) in [5, 5.41) is 12.0. The maximum Gasteiger partial charge on any atom is 0.407 e. The van der Waals surface area contributed by atoms with E-state index in [1.54, 1.807) is 20.8 Å². The Hall–Kier alpha value is -3.11. The van der Waals surface area contributed by atoms with Crippen molar-refractivity contribution in [2.45, 2.75) is 71.2 Å². The van der Waals surface area contributed by atoms with Gasteiger partial charge >= 0.3 is 17.8 Å². The molecular weight excluding hydrogens is 396 g/mol. The summed E-state index contributed by atoms with van der Waals surface area (Å²) in [6, 6.07) is -1.03. The first-order valence-electron chi connectivity index (χ1n) is 9.68. The van der Waals surface area contributed by atoms with Crippen LogP contribution in [-0.2, 0) is 20.9 Å². The third kappa shape index (κ3) is 6.19. The second-order valence-electron chi connectivity index (χ2n) is 8.37. The Morgan fingerprint density at radius 3 is 2.57 bits per heavy atom. The van der Waals surface area contributed by atoms with E-state index in [1.165, 1.54) is 13.1 Å². The summed E-state index contributed by atoms with van der Waals surface area (Å²) in [6.07, 6.45) is 2.36. The molecule has 1 aromatic heterocycles. The van der Waals surface area contributed by atoms with Gasteiger partial charge in [0, 0.05) is 11.8 Å². The van der Waals surface area contributed by atoms with Crippen molar-refractivity contribution in [2.75, 3.05) is 6.54 Å². The quantitative estimate of drug-likeness (QED) is 0.590. The Morgan fingerprint density at radius 1 is 1.30 bits per heavy atom. The minimum atomic E-state index is -1.21. The third-order valence-corrected chi connectivity index (χ3v) is 4.70. The number of amides is 2. The van der Waals surface area contributed by atoms with Crippen LogP contribution in [0.25, 0.3) is 0 Å². The van der Waals surface area contributed by atoms with Crippen molar-refractivity contribution in [3.63, 3.8) is 0 Å². The van der Waals surface area contributed by atoms with E-state index < -0.39 is 60.0 Å². The number of aromatic amines is 1. The Kier molecular flexibility index (Phi) is 7.06. The molecule has 0 bridgehead atoms. The van der Waals surface area contributed by atoms with Gasteiger partial charge in [0.1, 0.15) is 18.7 Å². The maximum atomic E-state index is 12.9. The highest BCUT2D eigenvalue weighted by Crippen LogP contribution is 2.25. The van der Waals surface area contributed by atoms with Gasteiger partial charge in [-0.15, -0.1) is 0 Å². The van der Waals surface area contributed by atoms with E-state index >= 15 is 0 Å². The summed E-state index contributed by atoms with van der Waals surface area (Å²) in [5.74, 6) is -1.81. The molecular formula is C19H28N4O7. The van der Waals surface area contributed by atoms with E-state index in [1.807, 2.05) is 0 Å². The molecule has 2 amide bonds. The number of nitrogens with one attached hydrogen (secondary N) is 2. The first kappa shape index (κ1) is 23.2. The zero-order chi connectivity index (χ0) is 22.6. The summed E-state index contributed by atoms with van der Waals surface area (Å²) in [4.78, 5) is 63.2. The molecule has 0 saturated heterocycles. The molecule has 0 unspecified atom stereocenters. The van der Waals surface area contributed by atoms with Gasteiger partial charge in [0.25, 0.3) is 5.56 Å². The number of rotatable bonds is 6. The highest BCUT2D eigenvalue weighted by atomic mass is 16.6. The van der Waals surface area contributed by atoms with Crippen LogP contribution >= 0.6 is 0 Å². The average Bonchev–Trinajstić information content (AvgIpc) is 3.03. The number of carbonyl (C=O) groups is 3. The standard InChI is InChI=1S/C19H28N4O7/c1-11-8-22(17(28)21-16(11)27)9-14(24)23(10-15(25)26)13-7-5-6-12(13)20-18(29)30-19(2,3)4/h8,12-13H,5-7,9-10H2,1-4H3,(H,20,29)(H,25,26)(H,21,27,28)/t12-,13+/m0/s1. The number of carbonyl (C=O) groups excluding carboxylic acids is 2. The van der Waals surface area contributed by atoms with Gasteiger partial charge in [-0.1, -0.05) is 0 Å². The average molecular weight is 424 g/mol. The van der Waals surface area contributed by atoms with Crippen molar-refractivity contribution in [3.8, 4) is 0 Å². The van der Waals surface area contributed by atoms with Gasteiger partial charge in [0.15, 0.2) is 0 Å². The fraction of sp³-hybridized carbons (Fsp3) is 0.632. The highest BCUT2D eigenvalue weighted by molar-refractivity contribution is 5.81. The lowest BCUT2D eigenvalue weighted by molar-refractivity contribution is -0.146. The zero-order valence-corrected chi connectivity index (χ0v) is 17.6. The molecule has 0 aromatic carbocycles. The normalized spacial score (nSPS) is 18.7. The topological polar surface area (TPSA) is 151 Å². The van der Waals surface area contributed by atoms with E-state index in [4.69, 9.17) is 4.74 Å². The van der Waals surface area contributed by atoms with Crippen LogP contribution in [0.3, 0.4) is 0 Å². The molecule has 1 heterocycles. The molecule has 30 heavy (non-hydrogen) atoms. The SMILES string of the molecule is Cc1cn(CC(=O)N(CC(=O)O)[C@@H]2CCC[C@@H]2NC(=O)OC(C)(C)C)c(=O)[nH]c1=O. The summed E-state index contributed by atoms with van der Waals surface area (Å²) in [5.41, 5.74) is -1.76. The van der Waals surface area contributed by atoms with Gasteiger partial charge in [0.2, 0.25) is 5.91 Å². The smallest absolute Gasteiger partial charge is 0.407 e. The second kappa shape index (κ2) is 9.14. The van der Waals surface area contributed by atoms with Crippen molar-refractivity contribution in [2.24, 2.45) is 0 Å². The molecule has 1 aliphatic carbocycles. The van der Waals surface area contributed by atoms with Crippen molar-refractivity contribution < 1.29 is 24.2 Å². The largest absolute Gasteiger partial charge is 0.480 e. The van der Waals surface area contributed by atoms with Crippen molar-refractivity contribution in [3.05, 3.63) is 32.6 Å². The lowest BCUT2D eigenvalue weighted by Crippen LogP contribution is -2.54. The van der Waals surface area contributed by atoms with Gasteiger partial charge in [-0.2, -0.15) is 0 Å². The fourth-order valence-corrected chi connectivity index (χ4v) is 3.45. The van der Waals surface area contributed by atoms with Gasteiger partial charge in [-0.05, 0) is 47.0 Å². The first-order chi connectivity index (χ1) is 13.9. The second-order valence-corrected chi connectivity index (χ2v) is 8.37. The van der Waals surface area contributed by atoms with E-state index in [0.29, 0.717) is 19.3 Å². The van der Waals surface area contributed by atoms with Gasteiger partial charge in [-0.3, -0.25) is 23.9 Å². The monoisotopic (exact) mass is 424 g/mol. The van der Waals surface area contributed by atoms with Gasteiger partial charge in [-0.25, -0.2) is 9.59 Å². The molecule has 166 valence electrons. The number of nitrogens with zero attached hydrogens (tertiary/aromatic N) is 2. The Bertz CT molecular complexity index is 928. The Labute approximate surface area is 173 Å². The van der Waals surface area contributed by atoms with Crippen molar-refractivity contribution in [1.29, 1.82) is 0 Å². The molecule has 0 aliphatic heterocycles. The number of carboxylic acids is 1. The minimum Gasteiger partial charge on any atom is -0.480 e. The number of hydrogen-bond donors (Lipinski definition) is 3. The molecule has 11 heteroatoms. The zero-order valence-electron chi connectivity index (χ0n) is 17.6. The van der Waals surface area contributed by atoms with E-state index in [-0.39, 0.29) is 5.56 Å². The molecule has 2 rings (SSSR count). The number of hydrogen-bond acceptors (Lipinski definition) is 6. The number of aliphatic carboxylic acids is 1. The number of H-pyrrole nitrogens is 1. The van der Waals surface area contributed by atoms with Gasteiger partial charge < -0.3 is 20.1 Å². The summed E-state index contributed by atoms with van der Waals surface area (Å²) >= 11 is 0. The van der Waals surface area contributed by atoms with Crippen LogP contribution in [0.1, 0.15) is 45.6 Å². The molecule has 1 aliphatic rings. The van der Waals surface area contributed by atoms with Crippen LogP contribution in [0.5, 0.6) is 0 Å². The number of carboxylic acid groups (broad SMARTS) is 1. The lowest BCUT2D eigenvalue weighted by Gasteiger charge is -2.33. The van der Waals surface area contributed by atoms with Gasteiger partial charge in [0.05, 0.1) is 12.1 Å².